The van der Waals surface area contributed by atoms with Gasteiger partial charge in [-0.15, -0.1) is 11.3 Å². The average Bonchev–Trinajstić information content (AvgIpc) is 2.79. The monoisotopic (exact) mass is 255 g/mol. The zero-order valence-electron chi connectivity index (χ0n) is 10.6. The number of aromatic nitrogens is 1. The number of ether oxygens (including phenoxy) is 1. The molecule has 4 nitrogen and oxygen atoms in total. The molecular formula is C12H21N3OS. The smallest absolute Gasteiger partial charge is 0.182 e. The summed E-state index contributed by atoms with van der Waals surface area (Å²) in [4.78, 5) is 8.15. The molecule has 1 aromatic rings. The van der Waals surface area contributed by atoms with Gasteiger partial charge in [0.25, 0.3) is 0 Å². The molecule has 0 unspecified atom stereocenters. The summed E-state index contributed by atoms with van der Waals surface area (Å²) in [6.45, 7) is 10.3. The predicted octanol–water partition coefficient (Wildman–Crippen LogP) is 2.01. The molecule has 2 heterocycles. The lowest BCUT2D eigenvalue weighted by atomic mass is 10.2. The van der Waals surface area contributed by atoms with Crippen LogP contribution in [0.15, 0.2) is 6.20 Å². The summed E-state index contributed by atoms with van der Waals surface area (Å²) in [5, 5.41) is 4.44. The van der Waals surface area contributed by atoms with Gasteiger partial charge in [-0.05, 0) is 5.92 Å². The minimum atomic E-state index is 0.572. The van der Waals surface area contributed by atoms with Gasteiger partial charge >= 0.3 is 0 Å². The van der Waals surface area contributed by atoms with Gasteiger partial charge in [-0.1, -0.05) is 13.8 Å². The minimum Gasteiger partial charge on any atom is -0.379 e. The van der Waals surface area contributed by atoms with E-state index >= 15 is 0 Å². The van der Waals surface area contributed by atoms with Crippen LogP contribution in [0.3, 0.4) is 0 Å². The number of nitrogens with one attached hydrogen (secondary N) is 1. The van der Waals surface area contributed by atoms with Gasteiger partial charge in [-0.2, -0.15) is 0 Å². The number of thiazole rings is 1. The fraction of sp³-hybridized carbons (Fsp3) is 0.750. The summed E-state index contributed by atoms with van der Waals surface area (Å²) >= 11 is 1.76. The van der Waals surface area contributed by atoms with Crippen molar-refractivity contribution >= 4 is 16.5 Å². The number of anilines is 1. The van der Waals surface area contributed by atoms with Gasteiger partial charge in [0.2, 0.25) is 0 Å². The zero-order valence-corrected chi connectivity index (χ0v) is 11.4. The van der Waals surface area contributed by atoms with Gasteiger partial charge in [0.15, 0.2) is 5.13 Å². The van der Waals surface area contributed by atoms with Crippen molar-refractivity contribution in [3.05, 3.63) is 11.1 Å². The second-order valence-electron chi connectivity index (χ2n) is 4.60. The maximum atomic E-state index is 5.32. The molecule has 1 saturated heterocycles. The van der Waals surface area contributed by atoms with Gasteiger partial charge < -0.3 is 10.1 Å². The molecule has 1 aliphatic heterocycles. The highest BCUT2D eigenvalue weighted by molar-refractivity contribution is 7.15. The van der Waals surface area contributed by atoms with Crippen LogP contribution >= 0.6 is 11.3 Å². The summed E-state index contributed by atoms with van der Waals surface area (Å²) < 4.78 is 5.32. The molecule has 0 aromatic carbocycles. The van der Waals surface area contributed by atoms with Crippen LogP contribution < -0.4 is 5.32 Å². The Hall–Kier alpha value is -0.650. The largest absolute Gasteiger partial charge is 0.379 e. The van der Waals surface area contributed by atoms with E-state index in [1.165, 1.54) is 4.88 Å². The van der Waals surface area contributed by atoms with E-state index in [1.54, 1.807) is 11.3 Å². The lowest BCUT2D eigenvalue weighted by Gasteiger charge is -2.26. The molecule has 0 amide bonds. The molecule has 0 radical (unpaired) electrons. The minimum absolute atomic E-state index is 0.572. The lowest BCUT2D eigenvalue weighted by molar-refractivity contribution is 0.0398. The first-order chi connectivity index (χ1) is 8.25. The van der Waals surface area contributed by atoms with Gasteiger partial charge in [0.05, 0.1) is 13.2 Å². The van der Waals surface area contributed by atoms with E-state index in [-0.39, 0.29) is 0 Å². The summed E-state index contributed by atoms with van der Waals surface area (Å²) in [7, 11) is 0. The molecule has 17 heavy (non-hydrogen) atoms. The van der Waals surface area contributed by atoms with Crippen molar-refractivity contribution in [1.29, 1.82) is 0 Å². The van der Waals surface area contributed by atoms with Crippen LogP contribution in [0, 0.1) is 0 Å². The second-order valence-corrected chi connectivity index (χ2v) is 5.67. The SMILES string of the molecule is CC(C)c1cnc(NCCN2CCOCC2)s1. The molecular weight excluding hydrogens is 234 g/mol. The van der Waals surface area contributed by atoms with Crippen molar-refractivity contribution in [2.75, 3.05) is 44.7 Å². The molecule has 1 fully saturated rings. The number of hydrogen-bond acceptors (Lipinski definition) is 5. The van der Waals surface area contributed by atoms with Crippen LogP contribution in [-0.4, -0.2) is 49.3 Å². The number of rotatable bonds is 5. The number of nitrogens with zero attached hydrogens (tertiary/aromatic N) is 2. The van der Waals surface area contributed by atoms with Gasteiger partial charge in [0, 0.05) is 37.3 Å². The molecule has 5 heteroatoms. The Bertz CT molecular complexity index is 334. The van der Waals surface area contributed by atoms with Crippen LogP contribution in [0.5, 0.6) is 0 Å². The summed E-state index contributed by atoms with van der Waals surface area (Å²) in [6, 6.07) is 0. The standard InChI is InChI=1S/C12H21N3OS/c1-10(2)11-9-14-12(17-11)13-3-4-15-5-7-16-8-6-15/h9-10H,3-8H2,1-2H3,(H,13,14). The summed E-state index contributed by atoms with van der Waals surface area (Å²) in [5.74, 6) is 0.572. The topological polar surface area (TPSA) is 37.4 Å². The van der Waals surface area contributed by atoms with Crippen LogP contribution in [0.2, 0.25) is 0 Å². The third-order valence-electron chi connectivity index (χ3n) is 2.90. The van der Waals surface area contributed by atoms with E-state index in [4.69, 9.17) is 4.74 Å². The molecule has 1 aromatic heterocycles. The van der Waals surface area contributed by atoms with E-state index < -0.39 is 0 Å². The Kier molecular flexibility index (Phi) is 4.76. The van der Waals surface area contributed by atoms with Crippen LogP contribution in [-0.2, 0) is 4.74 Å². The Morgan fingerprint density at radius 3 is 2.88 bits per heavy atom. The molecule has 0 atom stereocenters. The molecule has 0 spiro atoms. The molecule has 1 N–H and O–H groups in total. The molecule has 1 aliphatic rings. The van der Waals surface area contributed by atoms with Crippen molar-refractivity contribution in [3.8, 4) is 0 Å². The van der Waals surface area contributed by atoms with Gasteiger partial charge in [-0.3, -0.25) is 4.90 Å². The van der Waals surface area contributed by atoms with E-state index in [0.717, 1.165) is 44.5 Å². The fourth-order valence-corrected chi connectivity index (χ4v) is 2.62. The van der Waals surface area contributed by atoms with Gasteiger partial charge in [-0.25, -0.2) is 4.98 Å². The zero-order chi connectivity index (χ0) is 12.1. The molecule has 0 aliphatic carbocycles. The van der Waals surface area contributed by atoms with E-state index in [1.807, 2.05) is 6.20 Å². The quantitative estimate of drug-likeness (QED) is 0.873. The molecule has 96 valence electrons. The average molecular weight is 255 g/mol. The highest BCUT2D eigenvalue weighted by Gasteiger charge is 2.10. The summed E-state index contributed by atoms with van der Waals surface area (Å²) in [5.41, 5.74) is 0. The second kappa shape index (κ2) is 6.33. The summed E-state index contributed by atoms with van der Waals surface area (Å²) in [6.07, 6.45) is 1.98. The predicted molar refractivity (Wildman–Crippen MR) is 72.0 cm³/mol. The fourth-order valence-electron chi connectivity index (χ4n) is 1.78. The van der Waals surface area contributed by atoms with Crippen LogP contribution in [0.25, 0.3) is 0 Å². The number of hydrogen-bond donors (Lipinski definition) is 1. The van der Waals surface area contributed by atoms with Crippen LogP contribution in [0.1, 0.15) is 24.6 Å². The molecule has 0 saturated carbocycles. The third kappa shape index (κ3) is 3.94. The Morgan fingerprint density at radius 1 is 1.47 bits per heavy atom. The van der Waals surface area contributed by atoms with Crippen molar-refractivity contribution < 1.29 is 4.74 Å². The number of morpholine rings is 1. The Labute approximate surface area is 107 Å². The van der Waals surface area contributed by atoms with Crippen molar-refractivity contribution in [3.63, 3.8) is 0 Å². The first kappa shape index (κ1) is 12.8. The normalized spacial score (nSPS) is 17.6. The first-order valence-corrected chi connectivity index (χ1v) is 7.07. The maximum Gasteiger partial charge on any atom is 0.182 e. The van der Waals surface area contributed by atoms with Gasteiger partial charge in [0.1, 0.15) is 0 Å². The first-order valence-electron chi connectivity index (χ1n) is 6.25. The van der Waals surface area contributed by atoms with E-state index in [0.29, 0.717) is 5.92 Å². The van der Waals surface area contributed by atoms with Crippen LogP contribution in [0.4, 0.5) is 5.13 Å². The Balaban J connectivity index is 1.70. The highest BCUT2D eigenvalue weighted by atomic mass is 32.1. The Morgan fingerprint density at radius 2 is 2.24 bits per heavy atom. The van der Waals surface area contributed by atoms with E-state index in [9.17, 15) is 0 Å². The molecule has 0 bridgehead atoms. The lowest BCUT2D eigenvalue weighted by Crippen LogP contribution is -2.38. The third-order valence-corrected chi connectivity index (χ3v) is 4.16. The van der Waals surface area contributed by atoms with Crippen molar-refractivity contribution in [1.82, 2.24) is 9.88 Å². The van der Waals surface area contributed by atoms with Crippen molar-refractivity contribution in [2.24, 2.45) is 0 Å². The maximum absolute atomic E-state index is 5.32. The molecule has 2 rings (SSSR count). The van der Waals surface area contributed by atoms with Crippen molar-refractivity contribution in [2.45, 2.75) is 19.8 Å². The van der Waals surface area contributed by atoms with E-state index in [2.05, 4.69) is 29.0 Å². The highest BCUT2D eigenvalue weighted by Crippen LogP contribution is 2.24.